The third-order valence-electron chi connectivity index (χ3n) is 12.8. The molecule has 2 atom stereocenters. The van der Waals surface area contributed by atoms with Gasteiger partial charge in [-0.1, -0.05) is 236 Å². The second-order valence-electron chi connectivity index (χ2n) is 19.3. The topological polar surface area (TPSA) is 95.9 Å². The Morgan fingerprint density at radius 1 is 0.431 bits per heavy atom. The van der Waals surface area contributed by atoms with E-state index in [9.17, 15) is 19.8 Å². The molecule has 0 aromatic rings. The van der Waals surface area contributed by atoms with Gasteiger partial charge in [0.05, 0.1) is 25.4 Å². The fourth-order valence-corrected chi connectivity index (χ4v) is 8.42. The summed E-state index contributed by atoms with van der Waals surface area (Å²) < 4.78 is 5.48. The van der Waals surface area contributed by atoms with E-state index in [4.69, 9.17) is 4.74 Å². The number of carbonyl (C=O) groups is 2. The van der Waals surface area contributed by atoms with Gasteiger partial charge in [-0.3, -0.25) is 9.59 Å². The van der Waals surface area contributed by atoms with Gasteiger partial charge >= 0.3 is 5.97 Å². The summed E-state index contributed by atoms with van der Waals surface area (Å²) in [6, 6.07) is -0.635. The summed E-state index contributed by atoms with van der Waals surface area (Å²) >= 11 is 0. The van der Waals surface area contributed by atoms with Crippen LogP contribution in [0.4, 0.5) is 0 Å². The van der Waals surface area contributed by atoms with Gasteiger partial charge in [-0.05, 0) is 89.9 Å². The lowest BCUT2D eigenvalue weighted by molar-refractivity contribution is -0.143. The zero-order valence-corrected chi connectivity index (χ0v) is 43.2. The fraction of sp³-hybridized carbons (Fsp3) is 0.831. The molecule has 6 nitrogen and oxygen atoms in total. The van der Waals surface area contributed by atoms with Crippen LogP contribution in [-0.2, 0) is 14.3 Å². The smallest absolute Gasteiger partial charge is 0.305 e. The number of nitrogens with one attached hydrogen (secondary N) is 1. The van der Waals surface area contributed by atoms with Crippen molar-refractivity contribution in [3.05, 3.63) is 48.6 Å². The van der Waals surface area contributed by atoms with E-state index in [1.165, 1.54) is 199 Å². The van der Waals surface area contributed by atoms with Gasteiger partial charge in [0.1, 0.15) is 0 Å². The van der Waals surface area contributed by atoms with Crippen LogP contribution in [0.3, 0.4) is 0 Å². The van der Waals surface area contributed by atoms with Crippen molar-refractivity contribution < 1.29 is 24.5 Å². The van der Waals surface area contributed by atoms with Crippen molar-refractivity contribution in [2.45, 2.75) is 302 Å². The molecular weight excluding hydrogens is 803 g/mol. The minimum Gasteiger partial charge on any atom is -0.466 e. The third kappa shape index (κ3) is 51.1. The number of ether oxygens (including phenoxy) is 1. The number of aliphatic hydroxyl groups is 2. The highest BCUT2D eigenvalue weighted by Gasteiger charge is 2.18. The van der Waals surface area contributed by atoms with E-state index in [2.05, 4.69) is 55.6 Å². The molecule has 6 heteroatoms. The summed E-state index contributed by atoms with van der Waals surface area (Å²) in [6.07, 6.45) is 68.4. The zero-order valence-electron chi connectivity index (χ0n) is 43.2. The molecule has 0 radical (unpaired) electrons. The predicted molar refractivity (Wildman–Crippen MR) is 282 cm³/mol. The highest BCUT2D eigenvalue weighted by atomic mass is 16.5. The molecule has 380 valence electrons. The number of amides is 1. The van der Waals surface area contributed by atoms with E-state index < -0.39 is 12.1 Å². The molecule has 1 amide bonds. The SMILES string of the molecule is CCCCC/C=C\C/C=C\CCCCCCCCCC(=O)OCCCCCCCCCC/C=C\CCCCCCCCCC(=O)NC(CO)C(O)/C=C/CCCCCCCCCCCC. The first-order chi connectivity index (χ1) is 32.0. The summed E-state index contributed by atoms with van der Waals surface area (Å²) in [6.45, 7) is 4.85. The van der Waals surface area contributed by atoms with E-state index in [0.717, 1.165) is 64.2 Å². The second kappa shape index (κ2) is 54.4. The average molecular weight is 913 g/mol. The minimum atomic E-state index is -0.850. The summed E-state index contributed by atoms with van der Waals surface area (Å²) in [7, 11) is 0. The molecule has 65 heavy (non-hydrogen) atoms. The van der Waals surface area contributed by atoms with Gasteiger partial charge in [-0.25, -0.2) is 0 Å². The third-order valence-corrected chi connectivity index (χ3v) is 12.8. The molecule has 0 saturated carbocycles. The van der Waals surface area contributed by atoms with Crippen LogP contribution in [0.15, 0.2) is 48.6 Å². The fourth-order valence-electron chi connectivity index (χ4n) is 8.42. The van der Waals surface area contributed by atoms with Crippen LogP contribution in [0.2, 0.25) is 0 Å². The number of rotatable bonds is 52. The second-order valence-corrected chi connectivity index (χ2v) is 19.3. The normalized spacial score (nSPS) is 13.0. The maximum atomic E-state index is 12.4. The van der Waals surface area contributed by atoms with Gasteiger partial charge in [0.2, 0.25) is 5.91 Å². The number of unbranched alkanes of at least 4 members (excludes halogenated alkanes) is 35. The number of hydrogen-bond acceptors (Lipinski definition) is 5. The first kappa shape index (κ1) is 62.8. The van der Waals surface area contributed by atoms with Crippen molar-refractivity contribution >= 4 is 11.9 Å². The van der Waals surface area contributed by atoms with Crippen LogP contribution in [0.25, 0.3) is 0 Å². The standard InChI is InChI=1S/C59H109NO5/c1-3-5-7-9-11-13-15-17-18-22-26-29-33-37-41-45-49-53-59(64)65-54-50-46-42-38-34-30-27-24-21-19-20-23-25-28-32-36-40-44-48-52-58(63)60-56(55-61)57(62)51-47-43-39-35-31-16-14-12-10-8-6-4-2/h11,13,17-20,47,51,56-57,61-62H,3-10,12,14-16,21-46,48-50,52-55H2,1-2H3,(H,60,63)/b13-11-,18-17-,20-19-,51-47+. The lowest BCUT2D eigenvalue weighted by atomic mass is 10.0. The van der Waals surface area contributed by atoms with Crippen molar-refractivity contribution in [3.63, 3.8) is 0 Å². The largest absolute Gasteiger partial charge is 0.466 e. The van der Waals surface area contributed by atoms with Gasteiger partial charge in [0, 0.05) is 12.8 Å². The van der Waals surface area contributed by atoms with Gasteiger partial charge in [0.15, 0.2) is 0 Å². The molecule has 0 aliphatic carbocycles. The Balaban J connectivity index is 3.46. The van der Waals surface area contributed by atoms with Crippen LogP contribution >= 0.6 is 0 Å². The Morgan fingerprint density at radius 2 is 0.769 bits per heavy atom. The zero-order chi connectivity index (χ0) is 47.2. The van der Waals surface area contributed by atoms with Gasteiger partial charge in [-0.2, -0.15) is 0 Å². The molecule has 0 aliphatic rings. The van der Waals surface area contributed by atoms with Gasteiger partial charge in [-0.15, -0.1) is 0 Å². The Hall–Kier alpha value is -2.18. The highest BCUT2D eigenvalue weighted by Crippen LogP contribution is 2.15. The summed E-state index contributed by atoms with van der Waals surface area (Å²) in [5.41, 5.74) is 0. The molecule has 0 aliphatic heterocycles. The number of carbonyl (C=O) groups excluding carboxylic acids is 2. The summed E-state index contributed by atoms with van der Waals surface area (Å²) in [5.74, 6) is -0.0846. The molecule has 0 heterocycles. The lowest BCUT2D eigenvalue weighted by Gasteiger charge is -2.20. The summed E-state index contributed by atoms with van der Waals surface area (Å²) in [5, 5.41) is 23.0. The van der Waals surface area contributed by atoms with Crippen molar-refractivity contribution in [2.24, 2.45) is 0 Å². The van der Waals surface area contributed by atoms with E-state index >= 15 is 0 Å². The van der Waals surface area contributed by atoms with Crippen molar-refractivity contribution in [2.75, 3.05) is 13.2 Å². The van der Waals surface area contributed by atoms with Crippen LogP contribution in [0.5, 0.6) is 0 Å². The quantitative estimate of drug-likeness (QED) is 0.0321. The molecule has 3 N–H and O–H groups in total. The molecule has 0 aromatic heterocycles. The average Bonchev–Trinajstić information content (AvgIpc) is 3.31. The maximum absolute atomic E-state index is 12.4. The van der Waals surface area contributed by atoms with Crippen LogP contribution < -0.4 is 5.32 Å². The monoisotopic (exact) mass is 912 g/mol. The summed E-state index contributed by atoms with van der Waals surface area (Å²) in [4.78, 5) is 24.5. The molecular formula is C59H109NO5. The van der Waals surface area contributed by atoms with Crippen molar-refractivity contribution in [1.82, 2.24) is 5.32 Å². The Morgan fingerprint density at radius 3 is 1.22 bits per heavy atom. The Kier molecular flexibility index (Phi) is 52.6. The Bertz CT molecular complexity index is 1100. The molecule has 0 saturated heterocycles. The van der Waals surface area contributed by atoms with E-state index in [0.29, 0.717) is 19.4 Å². The molecule has 2 unspecified atom stereocenters. The Labute approximate surface area is 404 Å². The van der Waals surface area contributed by atoms with Crippen LogP contribution in [-0.4, -0.2) is 47.4 Å². The predicted octanol–water partition coefficient (Wildman–Crippen LogP) is 17.4. The molecule has 0 rings (SSSR count). The molecule has 0 bridgehead atoms. The van der Waals surface area contributed by atoms with Crippen molar-refractivity contribution in [3.8, 4) is 0 Å². The molecule has 0 aromatic carbocycles. The maximum Gasteiger partial charge on any atom is 0.305 e. The highest BCUT2D eigenvalue weighted by molar-refractivity contribution is 5.76. The van der Waals surface area contributed by atoms with E-state index in [-0.39, 0.29) is 18.5 Å². The first-order valence-corrected chi connectivity index (χ1v) is 28.4. The first-order valence-electron chi connectivity index (χ1n) is 28.4. The molecule has 0 fully saturated rings. The van der Waals surface area contributed by atoms with Gasteiger partial charge in [0.25, 0.3) is 0 Å². The minimum absolute atomic E-state index is 0.00527. The van der Waals surface area contributed by atoms with Crippen LogP contribution in [0, 0.1) is 0 Å². The number of hydrogen-bond donors (Lipinski definition) is 3. The number of aliphatic hydroxyl groups excluding tert-OH is 2. The lowest BCUT2D eigenvalue weighted by Crippen LogP contribution is -2.45. The van der Waals surface area contributed by atoms with E-state index in [1.54, 1.807) is 6.08 Å². The molecule has 0 spiro atoms. The number of allylic oxidation sites excluding steroid dienone is 7. The van der Waals surface area contributed by atoms with Crippen LogP contribution in [0.1, 0.15) is 290 Å². The van der Waals surface area contributed by atoms with Crippen molar-refractivity contribution in [1.29, 1.82) is 0 Å². The number of esters is 1. The van der Waals surface area contributed by atoms with Gasteiger partial charge < -0.3 is 20.3 Å². The van der Waals surface area contributed by atoms with E-state index in [1.807, 2.05) is 6.08 Å².